The predicted molar refractivity (Wildman–Crippen MR) is 89.6 cm³/mol. The fraction of sp³-hybridized carbons (Fsp3) is 0.684. The van der Waals surface area contributed by atoms with Crippen LogP contribution in [0.1, 0.15) is 64.1 Å². The van der Waals surface area contributed by atoms with Crippen molar-refractivity contribution in [1.29, 1.82) is 0 Å². The molecule has 21 heavy (non-hydrogen) atoms. The fourth-order valence-corrected chi connectivity index (χ4v) is 3.36. The molecule has 1 aliphatic carbocycles. The van der Waals surface area contributed by atoms with Crippen LogP contribution < -0.4 is 5.32 Å². The topological polar surface area (TPSA) is 21.3 Å². The molecule has 2 rings (SSSR count). The molecule has 1 aromatic rings. The number of nitrogens with one attached hydrogen (secondary N) is 1. The Balaban J connectivity index is 2.09. The Morgan fingerprint density at radius 3 is 2.71 bits per heavy atom. The minimum absolute atomic E-state index is 0.0314. The van der Waals surface area contributed by atoms with E-state index in [-0.39, 0.29) is 5.60 Å². The van der Waals surface area contributed by atoms with Crippen LogP contribution in [0.4, 0.5) is 0 Å². The average molecular weight is 289 g/mol. The van der Waals surface area contributed by atoms with E-state index in [0.717, 1.165) is 19.6 Å². The molecule has 2 unspecified atom stereocenters. The summed E-state index contributed by atoms with van der Waals surface area (Å²) in [4.78, 5) is 0. The Kier molecular flexibility index (Phi) is 5.83. The molecule has 0 spiro atoms. The number of hydrogen-bond donors (Lipinski definition) is 1. The van der Waals surface area contributed by atoms with Crippen LogP contribution in [0.15, 0.2) is 24.3 Å². The van der Waals surface area contributed by atoms with Crippen molar-refractivity contribution in [2.45, 2.75) is 65.0 Å². The molecule has 0 aromatic heterocycles. The molecule has 0 radical (unpaired) electrons. The van der Waals surface area contributed by atoms with Crippen LogP contribution in [0, 0.1) is 5.92 Å². The van der Waals surface area contributed by atoms with Crippen LogP contribution in [-0.2, 0) is 11.2 Å². The van der Waals surface area contributed by atoms with E-state index in [9.17, 15) is 0 Å². The first-order valence-corrected chi connectivity index (χ1v) is 8.46. The molecule has 0 bridgehead atoms. The molecular formula is C19H31NO. The molecule has 1 N–H and O–H groups in total. The van der Waals surface area contributed by atoms with Crippen LogP contribution in [0.25, 0.3) is 0 Å². The zero-order valence-corrected chi connectivity index (χ0v) is 14.1. The van der Waals surface area contributed by atoms with E-state index >= 15 is 0 Å². The highest BCUT2D eigenvalue weighted by molar-refractivity contribution is 5.31. The summed E-state index contributed by atoms with van der Waals surface area (Å²) in [5.41, 5.74) is 3.01. The Morgan fingerprint density at radius 2 is 2.00 bits per heavy atom. The van der Waals surface area contributed by atoms with Crippen LogP contribution in [0.3, 0.4) is 0 Å². The zero-order valence-electron chi connectivity index (χ0n) is 14.1. The van der Waals surface area contributed by atoms with Gasteiger partial charge in [0.05, 0.1) is 5.60 Å². The Morgan fingerprint density at radius 1 is 1.24 bits per heavy atom. The van der Waals surface area contributed by atoms with Gasteiger partial charge in [-0.15, -0.1) is 0 Å². The smallest absolute Gasteiger partial charge is 0.0598 e. The molecule has 0 saturated carbocycles. The fourth-order valence-electron chi connectivity index (χ4n) is 3.36. The van der Waals surface area contributed by atoms with Crippen molar-refractivity contribution in [3.8, 4) is 0 Å². The molecule has 0 saturated heterocycles. The van der Waals surface area contributed by atoms with Crippen molar-refractivity contribution >= 4 is 0 Å². The van der Waals surface area contributed by atoms with Gasteiger partial charge in [-0.3, -0.25) is 0 Å². The first kappa shape index (κ1) is 16.5. The minimum atomic E-state index is -0.0314. The summed E-state index contributed by atoms with van der Waals surface area (Å²) < 4.78 is 5.96. The van der Waals surface area contributed by atoms with Gasteiger partial charge in [-0.1, -0.05) is 31.2 Å². The molecule has 2 heteroatoms. The molecule has 118 valence electrons. The highest BCUT2D eigenvalue weighted by Gasteiger charge is 2.27. The first-order chi connectivity index (χ1) is 10.0. The van der Waals surface area contributed by atoms with Gasteiger partial charge in [0.25, 0.3) is 0 Å². The number of rotatable bonds is 5. The molecule has 1 aliphatic rings. The van der Waals surface area contributed by atoms with Crippen molar-refractivity contribution in [2.75, 3.05) is 13.2 Å². The molecule has 0 aliphatic heterocycles. The predicted octanol–water partition coefficient (Wildman–Crippen LogP) is 4.49. The number of hydrogen-bond acceptors (Lipinski definition) is 2. The van der Waals surface area contributed by atoms with E-state index < -0.39 is 0 Å². The Bertz CT molecular complexity index is 435. The van der Waals surface area contributed by atoms with Gasteiger partial charge in [-0.25, -0.2) is 0 Å². The molecule has 1 aromatic carbocycles. The maximum atomic E-state index is 5.96. The second-order valence-corrected chi connectivity index (χ2v) is 7.14. The second kappa shape index (κ2) is 7.42. The van der Waals surface area contributed by atoms with Crippen molar-refractivity contribution in [3.05, 3.63) is 35.4 Å². The van der Waals surface area contributed by atoms with Crippen molar-refractivity contribution < 1.29 is 4.74 Å². The van der Waals surface area contributed by atoms with Gasteiger partial charge in [0.15, 0.2) is 0 Å². The summed E-state index contributed by atoms with van der Waals surface area (Å²) in [6.07, 6.45) is 4.94. The third kappa shape index (κ3) is 4.82. The third-order valence-electron chi connectivity index (χ3n) is 4.33. The normalized spacial score (nSPS) is 22.7. The van der Waals surface area contributed by atoms with Gasteiger partial charge >= 0.3 is 0 Å². The number of aryl methyl sites for hydroxylation is 1. The van der Waals surface area contributed by atoms with E-state index in [1.807, 2.05) is 0 Å². The number of fused-ring (bicyclic) bond motifs is 1. The van der Waals surface area contributed by atoms with Gasteiger partial charge in [-0.05, 0) is 70.0 Å². The van der Waals surface area contributed by atoms with Crippen molar-refractivity contribution in [3.63, 3.8) is 0 Å². The largest absolute Gasteiger partial charge is 0.376 e. The first-order valence-electron chi connectivity index (χ1n) is 8.46. The van der Waals surface area contributed by atoms with Crippen LogP contribution in [0.2, 0.25) is 0 Å². The third-order valence-corrected chi connectivity index (χ3v) is 4.33. The van der Waals surface area contributed by atoms with Gasteiger partial charge in [-0.2, -0.15) is 0 Å². The monoisotopic (exact) mass is 289 g/mol. The summed E-state index contributed by atoms with van der Waals surface area (Å²) in [7, 11) is 0. The van der Waals surface area contributed by atoms with Crippen molar-refractivity contribution in [2.24, 2.45) is 5.92 Å². The summed E-state index contributed by atoms with van der Waals surface area (Å²) in [6.45, 7) is 10.5. The quantitative estimate of drug-likeness (QED) is 0.806. The van der Waals surface area contributed by atoms with E-state index in [2.05, 4.69) is 57.3 Å². The van der Waals surface area contributed by atoms with Gasteiger partial charge in [0.1, 0.15) is 0 Å². The van der Waals surface area contributed by atoms with E-state index in [1.165, 1.54) is 30.4 Å². The van der Waals surface area contributed by atoms with Crippen LogP contribution in [-0.4, -0.2) is 18.8 Å². The summed E-state index contributed by atoms with van der Waals surface area (Å²) in [5, 5.41) is 3.72. The lowest BCUT2D eigenvalue weighted by molar-refractivity contribution is -0.0115. The lowest BCUT2D eigenvalue weighted by Gasteiger charge is -2.29. The maximum Gasteiger partial charge on any atom is 0.0598 e. The van der Waals surface area contributed by atoms with Crippen molar-refractivity contribution in [1.82, 2.24) is 5.32 Å². The summed E-state index contributed by atoms with van der Waals surface area (Å²) >= 11 is 0. The highest BCUT2D eigenvalue weighted by atomic mass is 16.5. The zero-order chi connectivity index (χ0) is 15.3. The molecule has 2 nitrogen and oxygen atoms in total. The standard InChI is InChI=1S/C19H31NO/c1-5-20-18-16(13-14-21-19(2,3)4)11-8-10-15-9-6-7-12-17(15)18/h6-7,9,12,16,18,20H,5,8,10-11,13-14H2,1-4H3. The van der Waals surface area contributed by atoms with Gasteiger partial charge in [0.2, 0.25) is 0 Å². The van der Waals surface area contributed by atoms with E-state index in [0.29, 0.717) is 12.0 Å². The van der Waals surface area contributed by atoms with Gasteiger partial charge < -0.3 is 10.1 Å². The van der Waals surface area contributed by atoms with Gasteiger partial charge in [0, 0.05) is 12.6 Å². The summed E-state index contributed by atoms with van der Waals surface area (Å²) in [5.74, 6) is 0.677. The molecule has 0 fully saturated rings. The van der Waals surface area contributed by atoms with Crippen LogP contribution >= 0.6 is 0 Å². The molecule has 0 amide bonds. The Hall–Kier alpha value is -0.860. The van der Waals surface area contributed by atoms with E-state index in [4.69, 9.17) is 4.74 Å². The Labute approximate surface area is 130 Å². The minimum Gasteiger partial charge on any atom is -0.376 e. The lowest BCUT2D eigenvalue weighted by atomic mass is 9.88. The van der Waals surface area contributed by atoms with Crippen LogP contribution in [0.5, 0.6) is 0 Å². The average Bonchev–Trinajstić information content (AvgIpc) is 2.59. The number of benzene rings is 1. The number of ether oxygens (including phenoxy) is 1. The highest BCUT2D eigenvalue weighted by Crippen LogP contribution is 2.35. The molecule has 2 atom stereocenters. The van der Waals surface area contributed by atoms with E-state index in [1.54, 1.807) is 0 Å². The summed E-state index contributed by atoms with van der Waals surface area (Å²) in [6, 6.07) is 9.44. The molecular weight excluding hydrogens is 258 g/mol. The SMILES string of the molecule is CCNC1c2ccccc2CCCC1CCOC(C)(C)C. The second-order valence-electron chi connectivity index (χ2n) is 7.14. The molecule has 0 heterocycles. The maximum absolute atomic E-state index is 5.96. The lowest BCUT2D eigenvalue weighted by Crippen LogP contribution is -2.30.